The summed E-state index contributed by atoms with van der Waals surface area (Å²) < 4.78 is 4.89. The lowest BCUT2D eigenvalue weighted by molar-refractivity contribution is 1.18. The van der Waals surface area contributed by atoms with Gasteiger partial charge in [0.1, 0.15) is 0 Å². The highest BCUT2D eigenvalue weighted by Crippen LogP contribution is 2.52. The minimum absolute atomic E-state index is 1.18. The Labute approximate surface area is 310 Å². The zero-order valence-electron chi connectivity index (χ0n) is 28.6. The van der Waals surface area contributed by atoms with E-state index < -0.39 is 0 Å². The summed E-state index contributed by atoms with van der Waals surface area (Å²) in [6, 6.07) is 67.1. The molecule has 1 aliphatic rings. The summed E-state index contributed by atoms with van der Waals surface area (Å²) >= 11 is 1.90. The average Bonchev–Trinajstić information content (AvgIpc) is 3.74. The second kappa shape index (κ2) is 11.0. The van der Waals surface area contributed by atoms with Crippen molar-refractivity contribution in [2.75, 3.05) is 0 Å². The Hall–Kier alpha value is -6.55. The molecule has 0 spiro atoms. The highest BCUT2D eigenvalue weighted by molar-refractivity contribution is 7.99. The first-order valence-electron chi connectivity index (χ1n) is 18.2. The van der Waals surface area contributed by atoms with Gasteiger partial charge < -0.3 is 9.13 Å². The summed E-state index contributed by atoms with van der Waals surface area (Å²) in [5, 5.41) is 10.3. The highest BCUT2D eigenvalue weighted by atomic mass is 32.2. The fraction of sp³-hybridized carbons (Fsp3) is 0. The summed E-state index contributed by atoms with van der Waals surface area (Å²) in [5.41, 5.74) is 12.4. The molecule has 2 aromatic heterocycles. The third kappa shape index (κ3) is 4.06. The topological polar surface area (TPSA) is 9.86 Å². The van der Waals surface area contributed by atoms with Crippen molar-refractivity contribution in [2.45, 2.75) is 9.79 Å². The maximum absolute atomic E-state index is 2.49. The van der Waals surface area contributed by atoms with E-state index >= 15 is 0 Å². The number of para-hydroxylation sites is 3. The van der Waals surface area contributed by atoms with Crippen LogP contribution in [0.3, 0.4) is 0 Å². The fourth-order valence-corrected chi connectivity index (χ4v) is 10.2. The van der Waals surface area contributed by atoms with Crippen LogP contribution in [0.5, 0.6) is 0 Å². The fourth-order valence-electron chi connectivity index (χ4n) is 9.10. The number of rotatable bonds is 3. The summed E-state index contributed by atoms with van der Waals surface area (Å²) in [5.74, 6) is 0. The van der Waals surface area contributed by atoms with Crippen LogP contribution in [0.2, 0.25) is 0 Å². The molecule has 0 unspecified atom stereocenters. The Balaban J connectivity index is 1.11. The first kappa shape index (κ1) is 29.1. The van der Waals surface area contributed by atoms with Crippen LogP contribution in [0.4, 0.5) is 0 Å². The largest absolute Gasteiger partial charge is 0.309 e. The molecule has 3 heterocycles. The smallest absolute Gasteiger partial charge is 0.0559 e. The maximum Gasteiger partial charge on any atom is 0.0559 e. The molecule has 0 N–H and O–H groups in total. The molecule has 11 aromatic rings. The molecule has 0 amide bonds. The zero-order valence-corrected chi connectivity index (χ0v) is 29.4. The van der Waals surface area contributed by atoms with Crippen LogP contribution in [0.1, 0.15) is 0 Å². The third-order valence-corrected chi connectivity index (χ3v) is 12.4. The van der Waals surface area contributed by atoms with Gasteiger partial charge in [-0.3, -0.25) is 0 Å². The quantitative estimate of drug-likeness (QED) is 0.179. The molecule has 12 rings (SSSR count). The van der Waals surface area contributed by atoms with Crippen LogP contribution in [0.15, 0.2) is 192 Å². The van der Waals surface area contributed by atoms with Crippen LogP contribution in [0.25, 0.3) is 98.8 Å². The number of benzene rings is 9. The zero-order chi connectivity index (χ0) is 34.6. The molecule has 53 heavy (non-hydrogen) atoms. The van der Waals surface area contributed by atoms with Crippen LogP contribution in [0, 0.1) is 0 Å². The predicted molar refractivity (Wildman–Crippen MR) is 225 cm³/mol. The molecule has 0 aliphatic carbocycles. The molecule has 0 saturated carbocycles. The number of hydrogen-bond acceptors (Lipinski definition) is 1. The lowest BCUT2D eigenvalue weighted by atomic mass is 9.92. The molecule has 1 aliphatic heterocycles. The minimum atomic E-state index is 1.18. The molecule has 0 saturated heterocycles. The summed E-state index contributed by atoms with van der Waals surface area (Å²) in [6.07, 6.45) is 0. The van der Waals surface area contributed by atoms with Gasteiger partial charge in [-0.2, -0.15) is 0 Å². The summed E-state index contributed by atoms with van der Waals surface area (Å²) in [7, 11) is 0. The van der Waals surface area contributed by atoms with Gasteiger partial charge in [0.2, 0.25) is 0 Å². The lowest BCUT2D eigenvalue weighted by Gasteiger charge is -2.22. The maximum atomic E-state index is 2.49. The molecule has 0 fully saturated rings. The number of nitrogens with zero attached hydrogens (tertiary/aromatic N) is 2. The minimum Gasteiger partial charge on any atom is -0.309 e. The van der Waals surface area contributed by atoms with Gasteiger partial charge in [-0.15, -0.1) is 0 Å². The highest BCUT2D eigenvalue weighted by Gasteiger charge is 2.25. The monoisotopic (exact) mass is 690 g/mol. The van der Waals surface area contributed by atoms with Gasteiger partial charge in [-0.1, -0.05) is 139 Å². The second-order valence-corrected chi connectivity index (χ2v) is 15.1. The van der Waals surface area contributed by atoms with Gasteiger partial charge in [0.15, 0.2) is 0 Å². The Morgan fingerprint density at radius 1 is 0.340 bits per heavy atom. The molecule has 246 valence electrons. The standard InChI is InChI=1S/C50H30N2S/c1-2-15-33(16-3-1)51-42-23-8-6-18-37(42)48-35(20-12-26-44(48)51)32-27-28-46-40(29-32)36-21-11-22-39-49-38-19-7-9-24-43(38)52(45(49)30-47(53-46)50(36)39)41-25-10-14-31-13-4-5-17-34(31)41/h1-30H. The van der Waals surface area contributed by atoms with E-state index in [1.54, 1.807) is 0 Å². The molecular weight excluding hydrogens is 661 g/mol. The second-order valence-electron chi connectivity index (χ2n) is 14.0. The van der Waals surface area contributed by atoms with E-state index in [0.29, 0.717) is 0 Å². The summed E-state index contributed by atoms with van der Waals surface area (Å²) in [4.78, 5) is 2.60. The normalized spacial score (nSPS) is 12.5. The van der Waals surface area contributed by atoms with Gasteiger partial charge in [0, 0.05) is 47.8 Å². The van der Waals surface area contributed by atoms with Crippen LogP contribution in [-0.2, 0) is 0 Å². The van der Waals surface area contributed by atoms with Gasteiger partial charge in [-0.05, 0) is 87.6 Å². The Morgan fingerprint density at radius 3 is 1.85 bits per heavy atom. The molecule has 2 nitrogen and oxygen atoms in total. The Bertz CT molecular complexity index is 3310. The molecule has 9 aromatic carbocycles. The van der Waals surface area contributed by atoms with Crippen molar-refractivity contribution in [3.63, 3.8) is 0 Å². The Kier molecular flexibility index (Phi) is 6.02. The number of hydrogen-bond donors (Lipinski definition) is 0. The van der Waals surface area contributed by atoms with Crippen molar-refractivity contribution in [2.24, 2.45) is 0 Å². The lowest BCUT2D eigenvalue weighted by Crippen LogP contribution is -1.97. The number of fused-ring (bicyclic) bond motifs is 10. The first-order chi connectivity index (χ1) is 26.3. The van der Waals surface area contributed by atoms with Gasteiger partial charge in [0.25, 0.3) is 0 Å². The van der Waals surface area contributed by atoms with Gasteiger partial charge in [-0.25, -0.2) is 0 Å². The van der Waals surface area contributed by atoms with E-state index in [0.717, 1.165) is 0 Å². The van der Waals surface area contributed by atoms with Crippen molar-refractivity contribution in [1.29, 1.82) is 0 Å². The van der Waals surface area contributed by atoms with E-state index in [4.69, 9.17) is 0 Å². The third-order valence-electron chi connectivity index (χ3n) is 11.3. The van der Waals surface area contributed by atoms with Gasteiger partial charge >= 0.3 is 0 Å². The molecular formula is C50H30N2S. The summed E-state index contributed by atoms with van der Waals surface area (Å²) in [6.45, 7) is 0. The van der Waals surface area contributed by atoms with Crippen LogP contribution >= 0.6 is 11.8 Å². The van der Waals surface area contributed by atoms with Crippen LogP contribution in [-0.4, -0.2) is 9.13 Å². The van der Waals surface area contributed by atoms with Crippen molar-refractivity contribution < 1.29 is 0 Å². The van der Waals surface area contributed by atoms with Crippen LogP contribution < -0.4 is 0 Å². The molecule has 3 heteroatoms. The van der Waals surface area contributed by atoms with E-state index in [2.05, 4.69) is 191 Å². The molecule has 0 atom stereocenters. The molecule has 0 bridgehead atoms. The van der Waals surface area contributed by atoms with Crippen molar-refractivity contribution in [3.8, 4) is 33.6 Å². The Morgan fingerprint density at radius 2 is 0.981 bits per heavy atom. The first-order valence-corrected chi connectivity index (χ1v) is 19.0. The van der Waals surface area contributed by atoms with Gasteiger partial charge in [0.05, 0.1) is 27.8 Å². The van der Waals surface area contributed by atoms with E-state index in [-0.39, 0.29) is 0 Å². The molecule has 0 radical (unpaired) electrons. The van der Waals surface area contributed by atoms with E-state index in [1.165, 1.54) is 109 Å². The van der Waals surface area contributed by atoms with Crippen molar-refractivity contribution >= 4 is 76.9 Å². The van der Waals surface area contributed by atoms with E-state index in [1.807, 2.05) is 11.8 Å². The predicted octanol–water partition coefficient (Wildman–Crippen LogP) is 14.0. The SMILES string of the molecule is c1ccc(-n2c3ccccc3c3c(-c4ccc5c(c4)-c4cccc6c4c(cc4c6c6ccccc6n4-c4cccc6ccccc46)S5)cccc32)cc1. The number of aromatic nitrogens is 2. The average molecular weight is 691 g/mol. The van der Waals surface area contributed by atoms with Crippen molar-refractivity contribution in [1.82, 2.24) is 9.13 Å². The van der Waals surface area contributed by atoms with Crippen molar-refractivity contribution in [3.05, 3.63) is 182 Å². The van der Waals surface area contributed by atoms with E-state index in [9.17, 15) is 0 Å².